The van der Waals surface area contributed by atoms with Crippen molar-refractivity contribution in [3.05, 3.63) is 210 Å². The van der Waals surface area contributed by atoms with E-state index < -0.39 is 11.2 Å². The number of methoxy groups -OCH3 is 4. The highest BCUT2D eigenvalue weighted by Gasteiger charge is 2.41. The van der Waals surface area contributed by atoms with Crippen LogP contribution >= 0.6 is 0 Å². The number of imidazole rings is 1. The minimum Gasteiger partial charge on any atom is -0.497 e. The number of rotatable bonds is 19. The third kappa shape index (κ3) is 8.66. The fourth-order valence-electron chi connectivity index (χ4n) is 8.70. The zero-order valence-corrected chi connectivity index (χ0v) is 37.3. The highest BCUT2D eigenvalue weighted by molar-refractivity contribution is 5.76. The maximum Gasteiger partial charge on any atom is 0.245 e. The highest BCUT2D eigenvalue weighted by atomic mass is 16.6. The molecule has 335 valence electrons. The third-order valence-corrected chi connectivity index (χ3v) is 12.0. The van der Waals surface area contributed by atoms with E-state index in [1.807, 2.05) is 138 Å². The van der Waals surface area contributed by atoms with E-state index in [0.29, 0.717) is 23.5 Å². The Bertz CT molecular complexity index is 2690. The second-order valence-corrected chi connectivity index (χ2v) is 15.6. The maximum atomic E-state index is 7.14. The van der Waals surface area contributed by atoms with Crippen molar-refractivity contribution in [2.24, 2.45) is 0 Å². The van der Waals surface area contributed by atoms with Crippen LogP contribution in [0.5, 0.6) is 28.9 Å². The Labute approximate surface area is 384 Å². The number of aromatic nitrogens is 4. The molecule has 2 atom stereocenters. The first-order chi connectivity index (χ1) is 32.5. The summed E-state index contributed by atoms with van der Waals surface area (Å²) in [5.41, 5.74) is 4.78. The van der Waals surface area contributed by atoms with Gasteiger partial charge in [0.1, 0.15) is 53.4 Å². The second kappa shape index (κ2) is 19.9. The molecule has 0 amide bonds. The van der Waals surface area contributed by atoms with Crippen LogP contribution in [0.4, 0.5) is 0 Å². The van der Waals surface area contributed by atoms with Crippen LogP contribution in [0.25, 0.3) is 11.2 Å². The molecule has 0 bridgehead atoms. The van der Waals surface area contributed by atoms with Gasteiger partial charge in [0.2, 0.25) is 5.88 Å². The molecule has 6 aromatic carbocycles. The summed E-state index contributed by atoms with van der Waals surface area (Å²) in [5, 5.41) is 0. The molecule has 0 aliphatic carbocycles. The van der Waals surface area contributed by atoms with Crippen LogP contribution in [0, 0.1) is 6.42 Å². The molecule has 12 nitrogen and oxygen atoms in total. The summed E-state index contributed by atoms with van der Waals surface area (Å²) in [6, 6.07) is 52.2. The summed E-state index contributed by atoms with van der Waals surface area (Å²) in [6.07, 6.45) is 5.22. The van der Waals surface area contributed by atoms with Gasteiger partial charge in [-0.25, -0.2) is 9.97 Å². The van der Waals surface area contributed by atoms with E-state index in [0.717, 1.165) is 56.4 Å². The molecule has 1 aliphatic heterocycles. The van der Waals surface area contributed by atoms with Crippen molar-refractivity contribution in [1.82, 2.24) is 19.5 Å². The molecule has 0 N–H and O–H groups in total. The quantitative estimate of drug-likeness (QED) is 0.0571. The number of hydrogen-bond acceptors (Lipinski definition) is 11. The molecule has 1 radical (unpaired) electrons. The first kappa shape index (κ1) is 44.0. The highest BCUT2D eigenvalue weighted by Crippen LogP contribution is 2.44. The SMILES string of the molecule is COc1ccc(C(OCCOc2ncnc3c2ncn3[C@H]2C[CH][C@H](COC(c3ccccc3)(c3ccc(OC)cc3)c3ccc(OC)cc3)O2)(c2ccccc2)c2ccc(OC)cc2)cc1. The Morgan fingerprint density at radius 2 is 0.955 bits per heavy atom. The summed E-state index contributed by atoms with van der Waals surface area (Å²) >= 11 is 0. The zero-order valence-electron chi connectivity index (χ0n) is 37.3. The molecular weight excluding hydrogens is 833 g/mol. The zero-order chi connectivity index (χ0) is 45.4. The monoisotopic (exact) mass is 883 g/mol. The van der Waals surface area contributed by atoms with Gasteiger partial charge in [0.05, 0.1) is 54.1 Å². The first-order valence-electron chi connectivity index (χ1n) is 21.7. The first-order valence-corrected chi connectivity index (χ1v) is 21.7. The number of nitrogens with zero attached hydrogens (tertiary/aromatic N) is 4. The van der Waals surface area contributed by atoms with Crippen LogP contribution in [0.3, 0.4) is 0 Å². The average molecular weight is 884 g/mol. The Morgan fingerprint density at radius 3 is 1.41 bits per heavy atom. The number of hydrogen-bond donors (Lipinski definition) is 0. The molecule has 0 saturated carbocycles. The van der Waals surface area contributed by atoms with Crippen LogP contribution in [0.15, 0.2) is 170 Å². The van der Waals surface area contributed by atoms with Gasteiger partial charge in [0.15, 0.2) is 11.2 Å². The molecule has 3 heterocycles. The van der Waals surface area contributed by atoms with Gasteiger partial charge in [0, 0.05) is 0 Å². The maximum absolute atomic E-state index is 7.14. The average Bonchev–Trinajstić information content (AvgIpc) is 4.06. The van der Waals surface area contributed by atoms with E-state index in [1.165, 1.54) is 6.33 Å². The third-order valence-electron chi connectivity index (χ3n) is 12.0. The number of ether oxygens (including phenoxy) is 8. The molecule has 0 unspecified atom stereocenters. The molecule has 2 aromatic heterocycles. The summed E-state index contributed by atoms with van der Waals surface area (Å²) < 4.78 is 51.2. The Morgan fingerprint density at radius 1 is 0.515 bits per heavy atom. The Balaban J connectivity index is 0.934. The van der Waals surface area contributed by atoms with Crippen molar-refractivity contribution < 1.29 is 37.9 Å². The number of fused-ring (bicyclic) bond motifs is 1. The van der Waals surface area contributed by atoms with Crippen molar-refractivity contribution in [3.8, 4) is 28.9 Å². The Hall–Kier alpha value is -7.25. The summed E-state index contributed by atoms with van der Waals surface area (Å²) in [6.45, 7) is 0.647. The van der Waals surface area contributed by atoms with Crippen molar-refractivity contribution in [1.29, 1.82) is 0 Å². The van der Waals surface area contributed by atoms with Gasteiger partial charge in [-0.2, -0.15) is 4.98 Å². The molecule has 1 saturated heterocycles. The second-order valence-electron chi connectivity index (χ2n) is 15.6. The van der Waals surface area contributed by atoms with E-state index in [-0.39, 0.29) is 32.2 Å². The normalized spacial score (nSPS) is 15.1. The lowest BCUT2D eigenvalue weighted by Crippen LogP contribution is -2.35. The van der Waals surface area contributed by atoms with Gasteiger partial charge in [-0.1, -0.05) is 109 Å². The van der Waals surface area contributed by atoms with Crippen molar-refractivity contribution in [2.45, 2.75) is 30.0 Å². The van der Waals surface area contributed by atoms with Gasteiger partial charge >= 0.3 is 0 Å². The van der Waals surface area contributed by atoms with E-state index in [1.54, 1.807) is 34.8 Å². The minimum atomic E-state index is -0.994. The topological polar surface area (TPSA) is 117 Å². The summed E-state index contributed by atoms with van der Waals surface area (Å²) in [4.78, 5) is 13.9. The molecule has 0 spiro atoms. The molecule has 8 aromatic rings. The Kier molecular flexibility index (Phi) is 13.2. The smallest absolute Gasteiger partial charge is 0.245 e. The van der Waals surface area contributed by atoms with Gasteiger partial charge in [0.25, 0.3) is 0 Å². The number of benzene rings is 6. The molecule has 9 rings (SSSR count). The predicted octanol–water partition coefficient (Wildman–Crippen LogP) is 9.75. The lowest BCUT2D eigenvalue weighted by atomic mass is 9.80. The fraction of sp³-hybridized carbons (Fsp3) is 0.222. The summed E-state index contributed by atoms with van der Waals surface area (Å²) in [5.74, 6) is 3.34. The molecule has 66 heavy (non-hydrogen) atoms. The lowest BCUT2D eigenvalue weighted by molar-refractivity contribution is -0.0702. The van der Waals surface area contributed by atoms with E-state index in [4.69, 9.17) is 42.9 Å². The van der Waals surface area contributed by atoms with Crippen molar-refractivity contribution in [2.75, 3.05) is 48.3 Å². The van der Waals surface area contributed by atoms with Gasteiger partial charge < -0.3 is 37.9 Å². The molecule has 1 fully saturated rings. The van der Waals surface area contributed by atoms with Gasteiger partial charge in [-0.15, -0.1) is 0 Å². The van der Waals surface area contributed by atoms with Crippen molar-refractivity contribution in [3.63, 3.8) is 0 Å². The van der Waals surface area contributed by atoms with Crippen LogP contribution in [-0.4, -0.2) is 73.9 Å². The molecule has 12 heteroatoms. The molecular formula is C54H51N4O8. The standard InChI is InChI=1S/C54H51N4O8/c1-59-44-23-15-40(16-24-44)53(38-11-7-5-8-12-38,41-17-25-45(60-2)26-18-41)64-34-33-63-52-50-51(55-36-56-52)58(37-57-50)49-32-31-48(66-49)35-65-54(39-13-9-6-10-14-39,42-19-27-46(61-3)28-20-42)43-21-29-47(62-4)30-22-43/h5-31,36-37,48-49H,32-35H2,1-4H3/t48-,49-/m1/s1. The van der Waals surface area contributed by atoms with E-state index in [2.05, 4.69) is 40.7 Å². The van der Waals surface area contributed by atoms with Gasteiger partial charge in [-0.3, -0.25) is 4.57 Å². The summed E-state index contributed by atoms with van der Waals surface area (Å²) in [7, 11) is 6.63. The van der Waals surface area contributed by atoms with E-state index in [9.17, 15) is 0 Å². The van der Waals surface area contributed by atoms with Crippen molar-refractivity contribution >= 4 is 11.2 Å². The van der Waals surface area contributed by atoms with Crippen LogP contribution in [-0.2, 0) is 25.4 Å². The van der Waals surface area contributed by atoms with E-state index >= 15 is 0 Å². The largest absolute Gasteiger partial charge is 0.497 e. The van der Waals surface area contributed by atoms with Crippen LogP contribution in [0.1, 0.15) is 46.0 Å². The van der Waals surface area contributed by atoms with Gasteiger partial charge in [-0.05, 0) is 94.8 Å². The molecule has 1 aliphatic rings. The predicted molar refractivity (Wildman–Crippen MR) is 250 cm³/mol. The fourth-order valence-corrected chi connectivity index (χ4v) is 8.70. The minimum absolute atomic E-state index is 0.179. The van der Waals surface area contributed by atoms with Crippen LogP contribution < -0.4 is 23.7 Å². The lowest BCUT2D eigenvalue weighted by Gasteiger charge is -2.37. The van der Waals surface area contributed by atoms with Crippen LogP contribution in [0.2, 0.25) is 0 Å².